The average molecular weight is 359 g/mol. The maximum atomic E-state index is 11.8. The Labute approximate surface area is 146 Å². The van der Waals surface area contributed by atoms with Crippen molar-refractivity contribution in [3.63, 3.8) is 0 Å². The van der Waals surface area contributed by atoms with Gasteiger partial charge in [-0.15, -0.1) is 0 Å². The first-order chi connectivity index (χ1) is 12.0. The zero-order chi connectivity index (χ0) is 17.6. The van der Waals surface area contributed by atoms with Crippen LogP contribution in [0.4, 0.5) is 0 Å². The van der Waals surface area contributed by atoms with Crippen LogP contribution >= 0.6 is 0 Å². The summed E-state index contributed by atoms with van der Waals surface area (Å²) >= 11 is 0. The molecule has 1 aliphatic rings. The molecule has 0 aliphatic carbocycles. The van der Waals surface area contributed by atoms with Gasteiger partial charge in [-0.25, -0.2) is 17.9 Å². The summed E-state index contributed by atoms with van der Waals surface area (Å²) in [5.41, 5.74) is 2.75. The first kappa shape index (κ1) is 16.3. The second-order valence-electron chi connectivity index (χ2n) is 6.53. The van der Waals surface area contributed by atoms with Gasteiger partial charge in [-0.3, -0.25) is 4.90 Å². The quantitative estimate of drug-likeness (QED) is 0.711. The van der Waals surface area contributed by atoms with E-state index in [1.54, 1.807) is 10.7 Å². The van der Waals surface area contributed by atoms with Crippen molar-refractivity contribution in [1.29, 1.82) is 0 Å². The zero-order valence-electron chi connectivity index (χ0n) is 14.3. The molecule has 4 heterocycles. The number of rotatable bonds is 4. The summed E-state index contributed by atoms with van der Waals surface area (Å²) in [6, 6.07) is 4.67. The normalized spacial score (nSPS) is 18.6. The van der Waals surface area contributed by atoms with Gasteiger partial charge in [-0.05, 0) is 18.6 Å². The number of fused-ring (bicyclic) bond motifs is 2. The lowest BCUT2D eigenvalue weighted by Gasteiger charge is -2.36. The van der Waals surface area contributed by atoms with E-state index in [4.69, 9.17) is 0 Å². The molecule has 1 aliphatic heterocycles. The van der Waals surface area contributed by atoms with Crippen LogP contribution in [0.1, 0.15) is 30.6 Å². The molecule has 0 spiro atoms. The van der Waals surface area contributed by atoms with Gasteiger partial charge in [0.05, 0.1) is 12.2 Å². The highest BCUT2D eigenvalue weighted by atomic mass is 32.2. The van der Waals surface area contributed by atoms with Crippen molar-refractivity contribution in [2.75, 3.05) is 12.8 Å². The summed E-state index contributed by atoms with van der Waals surface area (Å²) in [7, 11) is -3.32. The van der Waals surface area contributed by atoms with E-state index in [1.165, 1.54) is 18.1 Å². The van der Waals surface area contributed by atoms with Crippen molar-refractivity contribution in [2.45, 2.75) is 37.4 Å². The molecule has 1 atom stereocenters. The monoisotopic (exact) mass is 359 g/mol. The lowest BCUT2D eigenvalue weighted by atomic mass is 10.1. The van der Waals surface area contributed by atoms with Crippen molar-refractivity contribution >= 4 is 15.5 Å². The van der Waals surface area contributed by atoms with Crippen LogP contribution in [0, 0.1) is 0 Å². The van der Waals surface area contributed by atoms with Gasteiger partial charge in [0.25, 0.3) is 0 Å². The summed E-state index contributed by atoms with van der Waals surface area (Å²) < 4.78 is 27.4. The van der Waals surface area contributed by atoms with Gasteiger partial charge in [0, 0.05) is 55.7 Å². The Morgan fingerprint density at radius 1 is 1.28 bits per heavy atom. The van der Waals surface area contributed by atoms with E-state index >= 15 is 0 Å². The van der Waals surface area contributed by atoms with E-state index in [9.17, 15) is 8.42 Å². The van der Waals surface area contributed by atoms with Gasteiger partial charge < -0.3 is 4.57 Å². The second-order valence-corrected chi connectivity index (χ2v) is 8.52. The van der Waals surface area contributed by atoms with Crippen LogP contribution in [0.3, 0.4) is 0 Å². The van der Waals surface area contributed by atoms with E-state index < -0.39 is 9.84 Å². The average Bonchev–Trinajstić information content (AvgIpc) is 3.20. The Morgan fingerprint density at radius 2 is 2.12 bits per heavy atom. The molecule has 3 aromatic rings. The SMILES string of the molecule is CC[C@@H]1c2cccn2CCN1Cc1cnc2c(S(C)(=O)=O)cnn2c1. The Kier molecular flexibility index (Phi) is 3.88. The molecule has 0 saturated heterocycles. The molecule has 0 N–H and O–H groups in total. The fourth-order valence-corrected chi connectivity index (χ4v) is 4.35. The Morgan fingerprint density at radius 3 is 2.88 bits per heavy atom. The summed E-state index contributed by atoms with van der Waals surface area (Å²) in [5, 5.41) is 4.16. The maximum absolute atomic E-state index is 11.8. The van der Waals surface area contributed by atoms with Crippen molar-refractivity contribution < 1.29 is 8.42 Å². The largest absolute Gasteiger partial charge is 0.349 e. The van der Waals surface area contributed by atoms with E-state index in [2.05, 4.69) is 44.8 Å². The summed E-state index contributed by atoms with van der Waals surface area (Å²) in [6.07, 6.45) is 9.35. The van der Waals surface area contributed by atoms with Gasteiger partial charge in [-0.2, -0.15) is 5.10 Å². The van der Waals surface area contributed by atoms with Crippen LogP contribution in [0.25, 0.3) is 5.65 Å². The van der Waals surface area contributed by atoms with Crippen LogP contribution in [-0.4, -0.2) is 45.3 Å². The van der Waals surface area contributed by atoms with Crippen molar-refractivity contribution in [3.8, 4) is 0 Å². The number of hydrogen-bond donors (Lipinski definition) is 0. The Bertz CT molecular complexity index is 1020. The van der Waals surface area contributed by atoms with E-state index in [1.807, 2.05) is 6.20 Å². The molecule has 0 saturated carbocycles. The summed E-state index contributed by atoms with van der Waals surface area (Å²) in [4.78, 5) is 6.96. The first-order valence-electron chi connectivity index (χ1n) is 8.39. The molecule has 0 aromatic carbocycles. The molecule has 132 valence electrons. The number of sulfone groups is 1. The third kappa shape index (κ3) is 2.85. The van der Waals surface area contributed by atoms with Crippen LogP contribution in [0.5, 0.6) is 0 Å². The molecule has 0 radical (unpaired) electrons. The molecular formula is C17H21N5O2S. The summed E-state index contributed by atoms with van der Waals surface area (Å²) in [6.45, 7) is 4.93. The maximum Gasteiger partial charge on any atom is 0.180 e. The second kappa shape index (κ2) is 5.96. The topological polar surface area (TPSA) is 72.5 Å². The van der Waals surface area contributed by atoms with E-state index in [0.29, 0.717) is 11.7 Å². The Balaban J connectivity index is 1.63. The lowest BCUT2D eigenvalue weighted by molar-refractivity contribution is 0.144. The predicted octanol–water partition coefficient (Wildman–Crippen LogP) is 1.90. The van der Waals surface area contributed by atoms with Crippen molar-refractivity contribution in [3.05, 3.63) is 48.2 Å². The molecule has 0 bridgehead atoms. The van der Waals surface area contributed by atoms with Gasteiger partial charge in [0.15, 0.2) is 15.5 Å². The molecule has 7 nitrogen and oxygen atoms in total. The van der Waals surface area contributed by atoms with Gasteiger partial charge in [0.2, 0.25) is 0 Å². The third-order valence-corrected chi connectivity index (χ3v) is 5.91. The van der Waals surface area contributed by atoms with E-state index in [0.717, 1.165) is 31.6 Å². The third-order valence-electron chi connectivity index (χ3n) is 4.82. The minimum absolute atomic E-state index is 0.168. The molecule has 4 rings (SSSR count). The van der Waals surface area contributed by atoms with Gasteiger partial charge >= 0.3 is 0 Å². The van der Waals surface area contributed by atoms with Crippen LogP contribution < -0.4 is 0 Å². The van der Waals surface area contributed by atoms with Crippen molar-refractivity contribution in [1.82, 2.24) is 24.1 Å². The Hall–Kier alpha value is -2.19. The molecular weight excluding hydrogens is 338 g/mol. The zero-order valence-corrected chi connectivity index (χ0v) is 15.1. The van der Waals surface area contributed by atoms with Crippen LogP contribution in [0.15, 0.2) is 41.8 Å². The molecule has 25 heavy (non-hydrogen) atoms. The highest BCUT2D eigenvalue weighted by molar-refractivity contribution is 7.90. The molecule has 0 unspecified atom stereocenters. The molecule has 8 heteroatoms. The number of nitrogens with zero attached hydrogens (tertiary/aromatic N) is 5. The van der Waals surface area contributed by atoms with Crippen LogP contribution in [-0.2, 0) is 22.9 Å². The fraction of sp³-hybridized carbons (Fsp3) is 0.412. The molecule has 0 fully saturated rings. The highest BCUT2D eigenvalue weighted by Gasteiger charge is 2.26. The van der Waals surface area contributed by atoms with Crippen molar-refractivity contribution in [2.24, 2.45) is 0 Å². The van der Waals surface area contributed by atoms with Crippen LogP contribution in [0.2, 0.25) is 0 Å². The molecule has 0 amide bonds. The standard InChI is InChI=1S/C17H21N5O2S/c1-3-14-15-5-4-6-20(15)7-8-21(14)11-13-9-18-17-16(25(2,23)24)10-19-22(17)12-13/h4-6,9-10,12,14H,3,7-8,11H2,1-2H3/t14-/m1/s1. The fourth-order valence-electron chi connectivity index (χ4n) is 3.64. The van der Waals surface area contributed by atoms with Gasteiger partial charge in [0.1, 0.15) is 4.90 Å². The summed E-state index contributed by atoms with van der Waals surface area (Å²) in [5.74, 6) is 0. The minimum atomic E-state index is -3.32. The smallest absolute Gasteiger partial charge is 0.180 e. The lowest BCUT2D eigenvalue weighted by Crippen LogP contribution is -2.37. The predicted molar refractivity (Wildman–Crippen MR) is 94.0 cm³/mol. The van der Waals surface area contributed by atoms with Gasteiger partial charge in [-0.1, -0.05) is 6.92 Å². The van der Waals surface area contributed by atoms with E-state index in [-0.39, 0.29) is 4.90 Å². The minimum Gasteiger partial charge on any atom is -0.349 e. The first-order valence-corrected chi connectivity index (χ1v) is 10.3. The highest BCUT2D eigenvalue weighted by Crippen LogP contribution is 2.30. The molecule has 3 aromatic heterocycles. The number of hydrogen-bond acceptors (Lipinski definition) is 5. The number of aromatic nitrogens is 4.